The molecule has 26 heavy (non-hydrogen) atoms. The van der Waals surface area contributed by atoms with Gasteiger partial charge in [-0.15, -0.1) is 0 Å². The number of carbonyl (C=O) groups excluding carboxylic acids is 2. The molecule has 6 nitrogen and oxygen atoms in total. The van der Waals surface area contributed by atoms with Gasteiger partial charge in [-0.1, -0.05) is 24.3 Å². The van der Waals surface area contributed by atoms with Crippen molar-refractivity contribution in [3.63, 3.8) is 0 Å². The number of fused-ring (bicyclic) bond motifs is 1. The van der Waals surface area contributed by atoms with Crippen LogP contribution in [0.1, 0.15) is 27.9 Å². The molecule has 0 spiro atoms. The number of H-pyrrole nitrogens is 1. The number of aryl methyl sites for hydroxylation is 1. The lowest BCUT2D eigenvalue weighted by Gasteiger charge is -2.08. The van der Waals surface area contributed by atoms with E-state index in [1.807, 2.05) is 30.5 Å². The Morgan fingerprint density at radius 1 is 1.19 bits per heavy atom. The van der Waals surface area contributed by atoms with E-state index in [1.165, 1.54) is 19.2 Å². The van der Waals surface area contributed by atoms with Gasteiger partial charge in [0.15, 0.2) is 0 Å². The molecule has 0 saturated heterocycles. The highest BCUT2D eigenvalue weighted by Gasteiger charge is 2.12. The minimum Gasteiger partial charge on any atom is -0.507 e. The van der Waals surface area contributed by atoms with Crippen LogP contribution in [0.25, 0.3) is 10.9 Å². The van der Waals surface area contributed by atoms with E-state index in [4.69, 9.17) is 0 Å². The van der Waals surface area contributed by atoms with Gasteiger partial charge in [0.2, 0.25) is 5.91 Å². The number of aromatic hydroxyl groups is 1. The number of aromatic nitrogens is 1. The number of esters is 1. The molecule has 3 rings (SSSR count). The zero-order valence-corrected chi connectivity index (χ0v) is 14.4. The molecule has 3 N–H and O–H groups in total. The highest BCUT2D eigenvalue weighted by atomic mass is 16.5. The molecule has 0 unspecified atom stereocenters. The first-order valence-corrected chi connectivity index (χ1v) is 8.30. The maximum absolute atomic E-state index is 12.1. The number of methoxy groups -OCH3 is 1. The minimum absolute atomic E-state index is 0.0770. The first kappa shape index (κ1) is 17.5. The number of ether oxygens (including phenoxy) is 1. The number of carbonyl (C=O) groups is 2. The maximum atomic E-state index is 12.1. The Morgan fingerprint density at radius 3 is 2.77 bits per heavy atom. The maximum Gasteiger partial charge on any atom is 0.341 e. The predicted octanol–water partition coefficient (Wildman–Crippen LogP) is 2.91. The van der Waals surface area contributed by atoms with Crippen molar-refractivity contribution in [2.45, 2.75) is 19.4 Å². The summed E-state index contributed by atoms with van der Waals surface area (Å²) in [5.74, 6) is -0.842. The number of nitrogens with one attached hydrogen (secondary N) is 2. The number of phenols is 1. The number of para-hydroxylation sites is 1. The van der Waals surface area contributed by atoms with Gasteiger partial charge in [0.05, 0.1) is 7.11 Å². The molecule has 0 saturated carbocycles. The molecule has 1 aromatic heterocycles. The van der Waals surface area contributed by atoms with Gasteiger partial charge in [-0.05, 0) is 35.7 Å². The summed E-state index contributed by atoms with van der Waals surface area (Å²) >= 11 is 0. The number of rotatable bonds is 6. The summed E-state index contributed by atoms with van der Waals surface area (Å²) in [6.07, 6.45) is 2.94. The van der Waals surface area contributed by atoms with E-state index >= 15 is 0 Å². The first-order chi connectivity index (χ1) is 12.6. The number of hydrogen-bond donors (Lipinski definition) is 3. The summed E-state index contributed by atoms with van der Waals surface area (Å²) in [4.78, 5) is 26.7. The second-order valence-corrected chi connectivity index (χ2v) is 5.98. The third-order valence-corrected chi connectivity index (χ3v) is 4.25. The van der Waals surface area contributed by atoms with Gasteiger partial charge in [-0.2, -0.15) is 0 Å². The number of hydrogen-bond acceptors (Lipinski definition) is 4. The SMILES string of the molecule is COC(=O)c1ccc(CNC(=O)CCc2c[nH]c3ccccc23)cc1O. The number of amides is 1. The fraction of sp³-hybridized carbons (Fsp3) is 0.200. The Morgan fingerprint density at radius 2 is 2.00 bits per heavy atom. The van der Waals surface area contributed by atoms with Crippen molar-refractivity contribution in [1.82, 2.24) is 10.3 Å². The van der Waals surface area contributed by atoms with Gasteiger partial charge < -0.3 is 20.1 Å². The van der Waals surface area contributed by atoms with E-state index in [2.05, 4.69) is 15.0 Å². The van der Waals surface area contributed by atoms with Crippen molar-refractivity contribution < 1.29 is 19.4 Å². The predicted molar refractivity (Wildman–Crippen MR) is 97.9 cm³/mol. The second-order valence-electron chi connectivity index (χ2n) is 5.98. The van der Waals surface area contributed by atoms with Crippen molar-refractivity contribution in [3.8, 4) is 5.75 Å². The smallest absolute Gasteiger partial charge is 0.341 e. The van der Waals surface area contributed by atoms with Crippen LogP contribution in [0.15, 0.2) is 48.7 Å². The molecule has 0 radical (unpaired) electrons. The van der Waals surface area contributed by atoms with E-state index in [1.54, 1.807) is 6.07 Å². The molecule has 0 aliphatic carbocycles. The van der Waals surface area contributed by atoms with E-state index < -0.39 is 5.97 Å². The summed E-state index contributed by atoms with van der Waals surface area (Å²) in [6.45, 7) is 0.279. The number of phenolic OH excluding ortho intramolecular Hbond substituents is 1. The van der Waals surface area contributed by atoms with Crippen molar-refractivity contribution in [3.05, 3.63) is 65.4 Å². The molecular formula is C20H20N2O4. The molecule has 1 heterocycles. The Hall–Kier alpha value is -3.28. The van der Waals surface area contributed by atoms with Crippen LogP contribution in [-0.4, -0.2) is 29.1 Å². The standard InChI is InChI=1S/C20H20N2O4/c1-26-20(25)16-8-6-13(10-18(16)23)11-22-19(24)9-7-14-12-21-17-5-3-2-4-15(14)17/h2-6,8,10,12,21,23H,7,9,11H2,1H3,(H,22,24). The quantitative estimate of drug-likeness (QED) is 0.595. The van der Waals surface area contributed by atoms with Gasteiger partial charge in [-0.3, -0.25) is 4.79 Å². The lowest BCUT2D eigenvalue weighted by Crippen LogP contribution is -2.23. The summed E-state index contributed by atoms with van der Waals surface area (Å²) < 4.78 is 4.58. The van der Waals surface area contributed by atoms with Crippen molar-refractivity contribution >= 4 is 22.8 Å². The average molecular weight is 352 g/mol. The molecule has 6 heteroatoms. The van der Waals surface area contributed by atoms with Crippen LogP contribution in [0, 0.1) is 0 Å². The van der Waals surface area contributed by atoms with Gasteiger partial charge in [0, 0.05) is 30.1 Å². The van der Waals surface area contributed by atoms with Crippen LogP contribution in [0.3, 0.4) is 0 Å². The van der Waals surface area contributed by atoms with Crippen LogP contribution in [0.5, 0.6) is 5.75 Å². The topological polar surface area (TPSA) is 91.4 Å². The fourth-order valence-electron chi connectivity index (χ4n) is 2.85. The molecule has 0 aliphatic rings. The van der Waals surface area contributed by atoms with E-state index in [-0.39, 0.29) is 23.8 Å². The van der Waals surface area contributed by atoms with Crippen LogP contribution < -0.4 is 5.32 Å². The zero-order chi connectivity index (χ0) is 18.5. The highest BCUT2D eigenvalue weighted by molar-refractivity contribution is 5.92. The molecule has 0 aliphatic heterocycles. The van der Waals surface area contributed by atoms with Crippen LogP contribution >= 0.6 is 0 Å². The Bertz CT molecular complexity index is 946. The molecule has 2 aromatic carbocycles. The number of benzene rings is 2. The minimum atomic E-state index is -0.600. The monoisotopic (exact) mass is 352 g/mol. The second kappa shape index (κ2) is 7.74. The summed E-state index contributed by atoms with van der Waals surface area (Å²) in [7, 11) is 1.25. The highest BCUT2D eigenvalue weighted by Crippen LogP contribution is 2.20. The Kier molecular flexibility index (Phi) is 5.22. The molecule has 3 aromatic rings. The molecule has 1 amide bonds. The van der Waals surface area contributed by atoms with E-state index in [0.29, 0.717) is 18.4 Å². The molecule has 0 fully saturated rings. The summed E-state index contributed by atoms with van der Waals surface area (Å²) in [5.41, 5.74) is 2.97. The number of aromatic amines is 1. The lowest BCUT2D eigenvalue weighted by atomic mass is 10.1. The van der Waals surface area contributed by atoms with Gasteiger partial charge in [0.1, 0.15) is 11.3 Å². The lowest BCUT2D eigenvalue weighted by molar-refractivity contribution is -0.121. The molecular weight excluding hydrogens is 332 g/mol. The van der Waals surface area contributed by atoms with Gasteiger partial charge in [-0.25, -0.2) is 4.79 Å². The van der Waals surface area contributed by atoms with Crippen molar-refractivity contribution in [1.29, 1.82) is 0 Å². The third-order valence-electron chi connectivity index (χ3n) is 4.25. The Labute approximate surface area is 150 Å². The average Bonchev–Trinajstić information content (AvgIpc) is 3.07. The largest absolute Gasteiger partial charge is 0.507 e. The van der Waals surface area contributed by atoms with Gasteiger partial charge in [0.25, 0.3) is 0 Å². The van der Waals surface area contributed by atoms with E-state index in [0.717, 1.165) is 16.5 Å². The zero-order valence-electron chi connectivity index (χ0n) is 14.4. The van der Waals surface area contributed by atoms with Crippen molar-refractivity contribution in [2.24, 2.45) is 0 Å². The molecule has 0 bridgehead atoms. The fourth-order valence-corrected chi connectivity index (χ4v) is 2.85. The van der Waals surface area contributed by atoms with Crippen molar-refractivity contribution in [2.75, 3.05) is 7.11 Å². The normalized spacial score (nSPS) is 10.7. The first-order valence-electron chi connectivity index (χ1n) is 8.30. The van der Waals surface area contributed by atoms with Crippen LogP contribution in [0.2, 0.25) is 0 Å². The summed E-state index contributed by atoms with van der Waals surface area (Å²) in [5, 5.41) is 13.8. The molecule has 134 valence electrons. The summed E-state index contributed by atoms with van der Waals surface area (Å²) in [6, 6.07) is 12.6. The van der Waals surface area contributed by atoms with Crippen LogP contribution in [0.4, 0.5) is 0 Å². The molecule has 0 atom stereocenters. The Balaban J connectivity index is 1.54. The van der Waals surface area contributed by atoms with Gasteiger partial charge >= 0.3 is 5.97 Å². The third kappa shape index (κ3) is 3.85. The van der Waals surface area contributed by atoms with Crippen LogP contribution in [-0.2, 0) is 22.5 Å². The van der Waals surface area contributed by atoms with E-state index in [9.17, 15) is 14.7 Å².